The third-order valence-corrected chi connectivity index (χ3v) is 6.04. The molecule has 0 saturated carbocycles. The maximum absolute atomic E-state index is 2.46. The van der Waals surface area contributed by atoms with Gasteiger partial charge in [-0.15, -0.1) is 0 Å². The second-order valence-electron chi connectivity index (χ2n) is 6.97. The van der Waals surface area contributed by atoms with Crippen molar-refractivity contribution in [3.63, 3.8) is 0 Å². The van der Waals surface area contributed by atoms with E-state index in [1.54, 1.807) is 0 Å². The van der Waals surface area contributed by atoms with Gasteiger partial charge in [-0.1, -0.05) is 19.6 Å². The molecule has 1 aromatic heterocycles. The number of hydrogen-bond acceptors (Lipinski definition) is 1. The molecule has 21 heavy (non-hydrogen) atoms. The van der Waals surface area contributed by atoms with Crippen molar-refractivity contribution < 1.29 is 4.58 Å². The van der Waals surface area contributed by atoms with E-state index in [4.69, 9.17) is 0 Å². The van der Waals surface area contributed by atoms with Gasteiger partial charge in [-0.25, -0.2) is 0 Å². The van der Waals surface area contributed by atoms with Gasteiger partial charge in [0.25, 0.3) is 0 Å². The maximum Gasteiger partial charge on any atom is 0.228 e. The fraction of sp³-hybridized carbons (Fsp3) is 0.353. The summed E-state index contributed by atoms with van der Waals surface area (Å²) in [4.78, 5) is 2.13. The van der Waals surface area contributed by atoms with Gasteiger partial charge in [0, 0.05) is 37.2 Å². The molecular weight excluding hydrogens is 274 g/mol. The van der Waals surface area contributed by atoms with Gasteiger partial charge in [0.2, 0.25) is 12.4 Å². The van der Waals surface area contributed by atoms with Crippen molar-refractivity contribution >= 4 is 31.0 Å². The standard InChI is InChI=1S/C17H24N3Si/c1-18(2)14-6-8-15(9-7-14)19-12-16-10-11-17(20(16)13-19)21(3,4)5/h6-12H,13H2,1-5H3/q+1. The number of anilines is 1. The molecule has 4 heteroatoms. The van der Waals surface area contributed by atoms with Crippen molar-refractivity contribution in [2.24, 2.45) is 0 Å². The van der Waals surface area contributed by atoms with Gasteiger partial charge in [0.1, 0.15) is 5.69 Å². The van der Waals surface area contributed by atoms with Crippen LogP contribution in [0.2, 0.25) is 19.6 Å². The molecule has 110 valence electrons. The van der Waals surface area contributed by atoms with Crippen molar-refractivity contribution in [2.75, 3.05) is 19.0 Å². The lowest BCUT2D eigenvalue weighted by atomic mass is 10.2. The predicted molar refractivity (Wildman–Crippen MR) is 93.3 cm³/mol. The molecule has 0 N–H and O–H groups in total. The SMILES string of the molecule is CN(C)c1ccc([N+]2=Cc3ccc([Si](C)(C)C)n3C2)cc1. The normalized spacial score (nSPS) is 14.0. The number of fused-ring (bicyclic) bond motifs is 1. The van der Waals surface area contributed by atoms with Crippen molar-refractivity contribution in [1.82, 2.24) is 4.57 Å². The fourth-order valence-electron chi connectivity index (χ4n) is 2.86. The van der Waals surface area contributed by atoms with Gasteiger partial charge in [0.05, 0.1) is 8.07 Å². The minimum absolute atomic E-state index is 0.934. The van der Waals surface area contributed by atoms with Gasteiger partial charge in [-0.2, -0.15) is 4.58 Å². The molecule has 1 aliphatic heterocycles. The first-order chi connectivity index (χ1) is 9.86. The Labute approximate surface area is 128 Å². The highest BCUT2D eigenvalue weighted by molar-refractivity contribution is 6.88. The monoisotopic (exact) mass is 298 g/mol. The zero-order valence-electron chi connectivity index (χ0n) is 13.6. The molecule has 3 rings (SSSR count). The number of hydrogen-bond donors (Lipinski definition) is 0. The Hall–Kier alpha value is -1.81. The molecule has 0 fully saturated rings. The molecule has 1 aliphatic rings. The smallest absolute Gasteiger partial charge is 0.228 e. The lowest BCUT2D eigenvalue weighted by Crippen LogP contribution is -2.43. The van der Waals surface area contributed by atoms with Crippen LogP contribution in [0.4, 0.5) is 11.4 Å². The summed E-state index contributed by atoms with van der Waals surface area (Å²) in [5, 5.41) is 1.53. The third kappa shape index (κ3) is 2.55. The highest BCUT2D eigenvalue weighted by Crippen LogP contribution is 2.21. The van der Waals surface area contributed by atoms with Crippen LogP contribution in [-0.2, 0) is 6.67 Å². The molecule has 0 bridgehead atoms. The van der Waals surface area contributed by atoms with E-state index < -0.39 is 8.07 Å². The van der Waals surface area contributed by atoms with Crippen LogP contribution in [0.3, 0.4) is 0 Å². The number of nitrogens with zero attached hydrogens (tertiary/aromatic N) is 3. The Balaban J connectivity index is 1.89. The van der Waals surface area contributed by atoms with E-state index in [0.29, 0.717) is 0 Å². The molecule has 0 spiro atoms. The summed E-state index contributed by atoms with van der Waals surface area (Å²) < 4.78 is 4.80. The molecule has 2 heterocycles. The number of rotatable bonds is 3. The summed E-state index contributed by atoms with van der Waals surface area (Å²) in [6, 6.07) is 13.3. The zero-order chi connectivity index (χ0) is 15.2. The molecule has 0 saturated heterocycles. The Bertz CT molecular complexity index is 688. The second kappa shape index (κ2) is 4.88. The third-order valence-electron chi connectivity index (χ3n) is 4.06. The second-order valence-corrected chi connectivity index (χ2v) is 12.0. The Morgan fingerprint density at radius 2 is 1.67 bits per heavy atom. The summed E-state index contributed by atoms with van der Waals surface area (Å²) in [5.41, 5.74) is 3.82. The van der Waals surface area contributed by atoms with Crippen molar-refractivity contribution in [2.45, 2.75) is 26.3 Å². The average molecular weight is 298 g/mol. The topological polar surface area (TPSA) is 11.2 Å². The summed E-state index contributed by atoms with van der Waals surface area (Å²) in [6.07, 6.45) is 2.26. The Morgan fingerprint density at radius 1 is 1.00 bits per heavy atom. The summed E-state index contributed by atoms with van der Waals surface area (Å²) in [6.45, 7) is 8.15. The molecule has 1 aromatic carbocycles. The Kier molecular flexibility index (Phi) is 3.28. The highest BCUT2D eigenvalue weighted by atomic mass is 28.3. The first-order valence-electron chi connectivity index (χ1n) is 7.45. The average Bonchev–Trinajstić information content (AvgIpc) is 2.96. The zero-order valence-corrected chi connectivity index (χ0v) is 14.6. The van der Waals surface area contributed by atoms with E-state index in [-0.39, 0.29) is 0 Å². The molecule has 0 radical (unpaired) electrons. The van der Waals surface area contributed by atoms with Gasteiger partial charge >= 0.3 is 0 Å². The van der Waals surface area contributed by atoms with E-state index in [2.05, 4.69) is 90.4 Å². The van der Waals surface area contributed by atoms with E-state index in [9.17, 15) is 0 Å². The van der Waals surface area contributed by atoms with Crippen LogP contribution in [-0.4, -0.2) is 37.5 Å². The first kappa shape index (κ1) is 14.1. The van der Waals surface area contributed by atoms with Crippen LogP contribution in [0.15, 0.2) is 36.4 Å². The minimum atomic E-state index is -1.28. The van der Waals surface area contributed by atoms with Crippen LogP contribution in [0, 0.1) is 0 Å². The molecule has 0 atom stereocenters. The lowest BCUT2D eigenvalue weighted by molar-refractivity contribution is -0.463. The van der Waals surface area contributed by atoms with Crippen molar-refractivity contribution in [3.05, 3.63) is 42.1 Å². The quantitative estimate of drug-likeness (QED) is 0.626. The van der Waals surface area contributed by atoms with Crippen LogP contribution in [0.5, 0.6) is 0 Å². The van der Waals surface area contributed by atoms with Gasteiger partial charge in [-0.3, -0.25) is 4.57 Å². The van der Waals surface area contributed by atoms with E-state index >= 15 is 0 Å². The number of aromatic nitrogens is 1. The van der Waals surface area contributed by atoms with Crippen LogP contribution in [0.25, 0.3) is 0 Å². The van der Waals surface area contributed by atoms with Crippen molar-refractivity contribution in [3.8, 4) is 0 Å². The minimum Gasteiger partial charge on any atom is -0.378 e. The van der Waals surface area contributed by atoms with Crippen LogP contribution < -0.4 is 10.2 Å². The maximum atomic E-state index is 2.46. The molecule has 3 nitrogen and oxygen atoms in total. The first-order valence-corrected chi connectivity index (χ1v) is 11.0. The Morgan fingerprint density at radius 3 is 2.24 bits per heavy atom. The summed E-state index contributed by atoms with van der Waals surface area (Å²) in [5.74, 6) is 0. The molecule has 0 unspecified atom stereocenters. The fourth-order valence-corrected chi connectivity index (χ4v) is 4.45. The number of benzene rings is 1. The van der Waals surface area contributed by atoms with Crippen LogP contribution in [0.1, 0.15) is 5.69 Å². The van der Waals surface area contributed by atoms with Gasteiger partial charge < -0.3 is 4.90 Å². The van der Waals surface area contributed by atoms with Gasteiger partial charge in [0.15, 0.2) is 6.21 Å². The molecule has 0 aliphatic carbocycles. The molecule has 0 amide bonds. The van der Waals surface area contributed by atoms with E-state index in [1.165, 1.54) is 22.4 Å². The molecular formula is C17H24N3Si+. The summed E-state index contributed by atoms with van der Waals surface area (Å²) in [7, 11) is 2.86. The lowest BCUT2D eigenvalue weighted by Gasteiger charge is -2.17. The van der Waals surface area contributed by atoms with E-state index in [0.717, 1.165) is 6.67 Å². The van der Waals surface area contributed by atoms with E-state index in [1.807, 2.05) is 0 Å². The largest absolute Gasteiger partial charge is 0.378 e. The predicted octanol–water partition coefficient (Wildman–Crippen LogP) is 2.83. The van der Waals surface area contributed by atoms with Crippen molar-refractivity contribution in [1.29, 1.82) is 0 Å². The highest BCUT2D eigenvalue weighted by Gasteiger charge is 2.28. The van der Waals surface area contributed by atoms with Crippen LogP contribution >= 0.6 is 0 Å². The van der Waals surface area contributed by atoms with Gasteiger partial charge in [-0.05, 0) is 24.3 Å². The molecule has 2 aromatic rings. The summed E-state index contributed by atoms with van der Waals surface area (Å²) >= 11 is 0.